The summed E-state index contributed by atoms with van der Waals surface area (Å²) >= 11 is 0. The number of rotatable bonds is 1. The van der Waals surface area contributed by atoms with Gasteiger partial charge in [-0.15, -0.1) is 10.2 Å². The summed E-state index contributed by atoms with van der Waals surface area (Å²) in [6, 6.07) is 4.66. The second kappa shape index (κ2) is 4.21. The van der Waals surface area contributed by atoms with Crippen LogP contribution in [0.15, 0.2) is 18.2 Å². The fraction of sp³-hybridized carbons (Fsp3) is 0.364. The van der Waals surface area contributed by atoms with Gasteiger partial charge in [0.1, 0.15) is 11.5 Å². The van der Waals surface area contributed by atoms with Crippen molar-refractivity contribution < 1.29 is 9.13 Å². The molecule has 0 N–H and O–H groups in total. The highest BCUT2D eigenvalue weighted by Crippen LogP contribution is 2.17. The van der Waals surface area contributed by atoms with Crippen LogP contribution in [0.5, 0.6) is 0 Å². The quantitative estimate of drug-likeness (QED) is 0.692. The van der Waals surface area contributed by atoms with Crippen molar-refractivity contribution in [2.24, 2.45) is 0 Å². The van der Waals surface area contributed by atoms with Crippen molar-refractivity contribution in [1.82, 2.24) is 19.7 Å². The average molecular weight is 234 g/mol. The van der Waals surface area contributed by atoms with Gasteiger partial charge in [0.15, 0.2) is 5.82 Å². The van der Waals surface area contributed by atoms with Gasteiger partial charge >= 0.3 is 0 Å². The zero-order chi connectivity index (χ0) is 11.7. The third-order valence-electron chi connectivity index (χ3n) is 2.70. The molecule has 0 unspecified atom stereocenters. The minimum atomic E-state index is -0.510. The van der Waals surface area contributed by atoms with Crippen LogP contribution in [-0.2, 0) is 17.7 Å². The summed E-state index contributed by atoms with van der Waals surface area (Å²) in [5, 5.41) is 8.17. The van der Waals surface area contributed by atoms with E-state index in [0.717, 1.165) is 12.2 Å². The monoisotopic (exact) mass is 234 g/mol. The first-order valence-electron chi connectivity index (χ1n) is 5.47. The molecule has 3 rings (SSSR count). The van der Waals surface area contributed by atoms with Crippen LogP contribution in [0.2, 0.25) is 0 Å². The smallest absolute Gasteiger partial charge is 0.213 e. The predicted molar refractivity (Wildman–Crippen MR) is 57.7 cm³/mol. The summed E-state index contributed by atoms with van der Waals surface area (Å²) < 4.78 is 20.4. The molecule has 6 heteroatoms. The van der Waals surface area contributed by atoms with Crippen LogP contribution >= 0.6 is 0 Å². The van der Waals surface area contributed by atoms with Gasteiger partial charge < -0.3 is 9.30 Å². The van der Waals surface area contributed by atoms with E-state index in [1.54, 1.807) is 12.1 Å². The van der Waals surface area contributed by atoms with E-state index in [9.17, 15) is 4.39 Å². The molecule has 0 aliphatic carbocycles. The SMILES string of the molecule is Fc1cccc(-c2nnc3n2CCOCC3)n1. The minimum Gasteiger partial charge on any atom is -0.379 e. The Morgan fingerprint density at radius 2 is 2.18 bits per heavy atom. The molecule has 0 saturated carbocycles. The normalized spacial score (nSPS) is 15.4. The summed E-state index contributed by atoms with van der Waals surface area (Å²) in [6.45, 7) is 1.94. The topological polar surface area (TPSA) is 52.8 Å². The fourth-order valence-electron chi connectivity index (χ4n) is 1.90. The van der Waals surface area contributed by atoms with Gasteiger partial charge in [-0.05, 0) is 12.1 Å². The summed E-state index contributed by atoms with van der Waals surface area (Å²) in [7, 11) is 0. The molecule has 0 fully saturated rings. The van der Waals surface area contributed by atoms with Crippen LogP contribution in [0.1, 0.15) is 5.82 Å². The summed E-state index contributed by atoms with van der Waals surface area (Å²) in [5.74, 6) is 0.957. The van der Waals surface area contributed by atoms with Gasteiger partial charge in [-0.25, -0.2) is 4.98 Å². The highest BCUT2D eigenvalue weighted by molar-refractivity contribution is 5.49. The standard InChI is InChI=1S/C11H11FN4O/c12-9-3-1-2-8(13-9)11-15-14-10-4-6-17-7-5-16(10)11/h1-3H,4-7H2. The molecule has 2 aromatic heterocycles. The number of aromatic nitrogens is 4. The van der Waals surface area contributed by atoms with Gasteiger partial charge in [0, 0.05) is 13.0 Å². The lowest BCUT2D eigenvalue weighted by Gasteiger charge is -2.05. The number of ether oxygens (including phenoxy) is 1. The van der Waals surface area contributed by atoms with Gasteiger partial charge in [-0.2, -0.15) is 4.39 Å². The third kappa shape index (κ3) is 1.91. The lowest BCUT2D eigenvalue weighted by Crippen LogP contribution is -2.06. The summed E-state index contributed by atoms with van der Waals surface area (Å²) in [5.41, 5.74) is 0.505. The van der Waals surface area contributed by atoms with Crippen molar-refractivity contribution in [2.75, 3.05) is 13.2 Å². The Balaban J connectivity index is 2.06. The lowest BCUT2D eigenvalue weighted by molar-refractivity contribution is 0.140. The van der Waals surface area contributed by atoms with Crippen LogP contribution in [0.4, 0.5) is 4.39 Å². The largest absolute Gasteiger partial charge is 0.379 e. The maximum atomic E-state index is 13.1. The zero-order valence-corrected chi connectivity index (χ0v) is 9.14. The van der Waals surface area contributed by atoms with E-state index in [4.69, 9.17) is 4.74 Å². The number of pyridine rings is 1. The third-order valence-corrected chi connectivity index (χ3v) is 2.70. The van der Waals surface area contributed by atoms with E-state index in [1.165, 1.54) is 6.07 Å². The zero-order valence-electron chi connectivity index (χ0n) is 9.14. The highest BCUT2D eigenvalue weighted by atomic mass is 19.1. The van der Waals surface area contributed by atoms with Crippen molar-refractivity contribution in [3.63, 3.8) is 0 Å². The minimum absolute atomic E-state index is 0.505. The summed E-state index contributed by atoms with van der Waals surface area (Å²) in [4.78, 5) is 3.82. The maximum absolute atomic E-state index is 13.1. The van der Waals surface area contributed by atoms with Crippen molar-refractivity contribution >= 4 is 0 Å². The Morgan fingerprint density at radius 1 is 1.24 bits per heavy atom. The Kier molecular flexibility index (Phi) is 2.56. The Morgan fingerprint density at radius 3 is 3.06 bits per heavy atom. The molecule has 3 heterocycles. The van der Waals surface area contributed by atoms with E-state index in [1.807, 2.05) is 4.57 Å². The molecular weight excluding hydrogens is 223 g/mol. The Hall–Kier alpha value is -1.82. The molecule has 0 amide bonds. The molecule has 17 heavy (non-hydrogen) atoms. The Bertz CT molecular complexity index is 540. The molecule has 2 aromatic rings. The van der Waals surface area contributed by atoms with Crippen molar-refractivity contribution in [3.8, 4) is 11.5 Å². The van der Waals surface area contributed by atoms with E-state index >= 15 is 0 Å². The predicted octanol–water partition coefficient (Wildman–Crippen LogP) is 1.05. The van der Waals surface area contributed by atoms with Crippen molar-refractivity contribution in [3.05, 3.63) is 30.0 Å². The number of halogens is 1. The van der Waals surface area contributed by atoms with Crippen LogP contribution in [0.3, 0.4) is 0 Å². The van der Waals surface area contributed by atoms with E-state index in [2.05, 4.69) is 15.2 Å². The fourth-order valence-corrected chi connectivity index (χ4v) is 1.90. The molecule has 88 valence electrons. The Labute approximate surface area is 97.3 Å². The van der Waals surface area contributed by atoms with Gasteiger partial charge in [0.2, 0.25) is 5.95 Å². The van der Waals surface area contributed by atoms with Gasteiger partial charge in [0.25, 0.3) is 0 Å². The van der Waals surface area contributed by atoms with E-state index in [-0.39, 0.29) is 0 Å². The highest BCUT2D eigenvalue weighted by Gasteiger charge is 2.17. The van der Waals surface area contributed by atoms with Crippen molar-refractivity contribution in [1.29, 1.82) is 0 Å². The summed E-state index contributed by atoms with van der Waals surface area (Å²) in [6.07, 6.45) is 0.725. The second-order valence-electron chi connectivity index (χ2n) is 3.80. The van der Waals surface area contributed by atoms with E-state index < -0.39 is 5.95 Å². The molecule has 0 aromatic carbocycles. The number of hydrogen-bond acceptors (Lipinski definition) is 4. The van der Waals surface area contributed by atoms with Gasteiger partial charge in [0.05, 0.1) is 13.2 Å². The first kappa shape index (κ1) is 10.3. The lowest BCUT2D eigenvalue weighted by atomic mass is 10.3. The maximum Gasteiger partial charge on any atom is 0.213 e. The van der Waals surface area contributed by atoms with Crippen LogP contribution < -0.4 is 0 Å². The van der Waals surface area contributed by atoms with E-state index in [0.29, 0.717) is 31.3 Å². The molecule has 5 nitrogen and oxygen atoms in total. The average Bonchev–Trinajstić information content (AvgIpc) is 2.59. The first-order chi connectivity index (χ1) is 8.34. The molecule has 0 atom stereocenters. The molecule has 1 aliphatic rings. The van der Waals surface area contributed by atoms with Crippen LogP contribution in [0.25, 0.3) is 11.5 Å². The molecule has 0 spiro atoms. The number of hydrogen-bond donors (Lipinski definition) is 0. The van der Waals surface area contributed by atoms with Crippen molar-refractivity contribution in [2.45, 2.75) is 13.0 Å². The molecule has 1 aliphatic heterocycles. The molecule has 0 radical (unpaired) electrons. The van der Waals surface area contributed by atoms with Gasteiger partial charge in [-0.1, -0.05) is 6.07 Å². The van der Waals surface area contributed by atoms with Crippen LogP contribution in [0, 0.1) is 5.95 Å². The molecule has 0 saturated heterocycles. The second-order valence-corrected chi connectivity index (χ2v) is 3.80. The number of nitrogens with zero attached hydrogens (tertiary/aromatic N) is 4. The van der Waals surface area contributed by atoms with Gasteiger partial charge in [-0.3, -0.25) is 0 Å². The number of fused-ring (bicyclic) bond motifs is 1. The first-order valence-corrected chi connectivity index (χ1v) is 5.47. The molecular formula is C11H11FN4O. The van der Waals surface area contributed by atoms with Crippen LogP contribution in [-0.4, -0.2) is 33.0 Å². The molecule has 0 bridgehead atoms.